The minimum Gasteiger partial charge on any atom is -0.451 e. The van der Waals surface area contributed by atoms with Crippen molar-refractivity contribution in [1.82, 2.24) is 9.78 Å². The number of aliphatic hydroxyl groups excluding tert-OH is 1. The monoisotopic (exact) mass is 580 g/mol. The fraction of sp³-hybridized carbons (Fsp3) is 0.606. The summed E-state index contributed by atoms with van der Waals surface area (Å²) >= 11 is 1.45. The van der Waals surface area contributed by atoms with Gasteiger partial charge in [0.05, 0.1) is 29.4 Å². The topological polar surface area (TPSA) is 81.4 Å². The number of hydrogen-bond acceptors (Lipinski definition) is 6. The number of fused-ring (bicyclic) bond motifs is 6. The van der Waals surface area contributed by atoms with E-state index in [4.69, 9.17) is 9.84 Å². The molecule has 2 aromatic rings. The van der Waals surface area contributed by atoms with Gasteiger partial charge in [0.1, 0.15) is 5.82 Å². The molecule has 0 aliphatic heterocycles. The van der Waals surface area contributed by atoms with Crippen molar-refractivity contribution in [3.63, 3.8) is 0 Å². The van der Waals surface area contributed by atoms with Crippen molar-refractivity contribution < 1.29 is 23.8 Å². The normalized spacial score (nSPS) is 39.2. The van der Waals surface area contributed by atoms with Gasteiger partial charge in [-0.3, -0.25) is 9.59 Å². The molecule has 8 heteroatoms. The largest absolute Gasteiger partial charge is 0.451 e. The zero-order valence-corrected chi connectivity index (χ0v) is 25.7. The van der Waals surface area contributed by atoms with Gasteiger partial charge in [0.2, 0.25) is 0 Å². The lowest BCUT2D eigenvalue weighted by Crippen LogP contribution is -2.70. The molecule has 0 radical (unpaired) electrons. The summed E-state index contributed by atoms with van der Waals surface area (Å²) in [6.07, 6.45) is 9.53. The molecule has 5 unspecified atom stereocenters. The Balaban J connectivity index is 1.43. The van der Waals surface area contributed by atoms with E-state index in [9.17, 15) is 19.1 Å². The van der Waals surface area contributed by atoms with Gasteiger partial charge in [0.25, 0.3) is 0 Å². The van der Waals surface area contributed by atoms with Crippen molar-refractivity contribution in [1.29, 1.82) is 0 Å². The van der Waals surface area contributed by atoms with Gasteiger partial charge in [-0.2, -0.15) is 16.9 Å². The number of nitrogens with zero attached hydrogens (tertiary/aromatic N) is 2. The number of ether oxygens (including phenoxy) is 1. The van der Waals surface area contributed by atoms with E-state index >= 15 is 0 Å². The second-order valence-electron chi connectivity index (χ2n) is 13.7. The first kappa shape index (κ1) is 28.7. The Labute approximate surface area is 246 Å². The fourth-order valence-corrected chi connectivity index (χ4v) is 10.4. The molecular formula is C33H41FN2O4S. The molecule has 220 valence electrons. The van der Waals surface area contributed by atoms with Gasteiger partial charge >= 0.3 is 5.97 Å². The predicted octanol–water partition coefficient (Wildman–Crippen LogP) is 6.18. The van der Waals surface area contributed by atoms with Crippen molar-refractivity contribution in [2.75, 3.05) is 12.0 Å². The van der Waals surface area contributed by atoms with Gasteiger partial charge in [0, 0.05) is 23.2 Å². The molecule has 0 amide bonds. The summed E-state index contributed by atoms with van der Waals surface area (Å²) in [7, 11) is 0. The molecule has 0 bridgehead atoms. The molecule has 4 aliphatic carbocycles. The lowest BCUT2D eigenvalue weighted by atomic mass is 9.35. The van der Waals surface area contributed by atoms with Crippen LogP contribution in [0.25, 0.3) is 11.8 Å². The van der Waals surface area contributed by atoms with Crippen molar-refractivity contribution in [3.05, 3.63) is 53.1 Å². The molecule has 0 saturated heterocycles. The maximum absolute atomic E-state index is 13.8. The first-order valence-corrected chi connectivity index (χ1v) is 16.1. The van der Waals surface area contributed by atoms with Crippen LogP contribution < -0.4 is 0 Å². The highest BCUT2D eigenvalue weighted by Crippen LogP contribution is 2.77. The second-order valence-corrected chi connectivity index (χ2v) is 14.6. The van der Waals surface area contributed by atoms with Crippen LogP contribution in [0.2, 0.25) is 0 Å². The summed E-state index contributed by atoms with van der Waals surface area (Å²) in [5, 5.41) is 17.0. The third kappa shape index (κ3) is 3.55. The molecule has 1 heterocycles. The quantitative estimate of drug-likeness (QED) is 0.426. The van der Waals surface area contributed by atoms with E-state index in [-0.39, 0.29) is 34.1 Å². The summed E-state index contributed by atoms with van der Waals surface area (Å²) in [6, 6.07) is 6.39. The first-order chi connectivity index (χ1) is 19.3. The molecule has 41 heavy (non-hydrogen) atoms. The molecule has 6 nitrogen and oxygen atoms in total. The van der Waals surface area contributed by atoms with E-state index in [1.807, 2.05) is 17.1 Å². The smallest absolute Gasteiger partial charge is 0.303 e. The highest BCUT2D eigenvalue weighted by atomic mass is 32.2. The van der Waals surface area contributed by atoms with Crippen molar-refractivity contribution in [3.8, 4) is 5.69 Å². The molecule has 7 atom stereocenters. The highest BCUT2D eigenvalue weighted by molar-refractivity contribution is 7.99. The molecule has 0 spiro atoms. The van der Waals surface area contributed by atoms with Crippen LogP contribution in [0.4, 0.5) is 4.39 Å². The van der Waals surface area contributed by atoms with E-state index in [1.54, 1.807) is 12.1 Å². The summed E-state index contributed by atoms with van der Waals surface area (Å²) < 4.78 is 21.6. The number of halogens is 1. The number of benzene rings is 1. The zero-order chi connectivity index (χ0) is 29.6. The van der Waals surface area contributed by atoms with Crippen LogP contribution >= 0.6 is 11.8 Å². The average Bonchev–Trinajstić information content (AvgIpc) is 3.41. The Kier molecular flexibility index (Phi) is 6.48. The molecule has 4 aliphatic rings. The number of aromatic nitrogens is 2. The average molecular weight is 581 g/mol. The molecule has 3 saturated carbocycles. The Morgan fingerprint density at radius 2 is 1.88 bits per heavy atom. The number of allylic oxidation sites excluding steroid dienone is 1. The lowest BCUT2D eigenvalue weighted by Gasteiger charge is -2.70. The van der Waals surface area contributed by atoms with Crippen LogP contribution in [0, 0.1) is 33.4 Å². The molecular weight excluding hydrogens is 539 g/mol. The van der Waals surface area contributed by atoms with Crippen molar-refractivity contribution >= 4 is 29.6 Å². The minimum atomic E-state index is -1.23. The van der Waals surface area contributed by atoms with E-state index in [0.717, 1.165) is 42.6 Å². The number of carbonyl (C=O) groups is 2. The molecule has 1 N–H and O–H groups in total. The number of carbonyl (C=O) groups excluding carboxylic acids is 2. The minimum absolute atomic E-state index is 0.0413. The number of esters is 1. The van der Waals surface area contributed by atoms with Gasteiger partial charge in [-0.25, -0.2) is 9.07 Å². The van der Waals surface area contributed by atoms with Gasteiger partial charge in [-0.1, -0.05) is 33.3 Å². The van der Waals surface area contributed by atoms with E-state index < -0.39 is 28.5 Å². The second kappa shape index (κ2) is 9.27. The number of thioether (sulfide) groups is 1. The van der Waals surface area contributed by atoms with Crippen molar-refractivity contribution in [2.24, 2.45) is 27.6 Å². The van der Waals surface area contributed by atoms with E-state index in [2.05, 4.69) is 33.8 Å². The fourth-order valence-electron chi connectivity index (χ4n) is 9.90. The van der Waals surface area contributed by atoms with Crippen LogP contribution in [0.15, 0.2) is 36.0 Å². The Morgan fingerprint density at radius 1 is 1.17 bits per heavy atom. The summed E-state index contributed by atoms with van der Waals surface area (Å²) in [5.41, 5.74) is 1.25. The van der Waals surface area contributed by atoms with Gasteiger partial charge in [-0.05, 0) is 92.0 Å². The summed E-state index contributed by atoms with van der Waals surface area (Å²) in [6.45, 7) is 10.3. The zero-order valence-electron chi connectivity index (χ0n) is 24.9. The molecule has 3 fully saturated rings. The van der Waals surface area contributed by atoms with Crippen LogP contribution in [0.1, 0.15) is 78.0 Å². The third-order valence-corrected chi connectivity index (χ3v) is 12.9. The number of aliphatic hydroxyl groups is 1. The number of rotatable bonds is 5. The third-order valence-electron chi connectivity index (χ3n) is 12.4. The SMILES string of the molecule is CSCC(=O)C1(OC(C)=O)CC[C@@]2(C)C3CCC4=Cc5c(cnn5-c5ccc(F)cc5)CC4(C)[C@@]3(C)C(O)CC12C. The molecule has 1 aromatic carbocycles. The maximum atomic E-state index is 13.8. The van der Waals surface area contributed by atoms with Gasteiger partial charge in [-0.15, -0.1) is 0 Å². The van der Waals surface area contributed by atoms with Gasteiger partial charge in [0.15, 0.2) is 11.4 Å². The van der Waals surface area contributed by atoms with Crippen LogP contribution in [0.3, 0.4) is 0 Å². The van der Waals surface area contributed by atoms with E-state index in [1.165, 1.54) is 36.4 Å². The van der Waals surface area contributed by atoms with Gasteiger partial charge < -0.3 is 9.84 Å². The number of hydrogen-bond donors (Lipinski definition) is 1. The Hall–Kier alpha value is -2.45. The first-order valence-electron chi connectivity index (χ1n) is 14.7. The van der Waals surface area contributed by atoms with Crippen molar-refractivity contribution in [2.45, 2.75) is 84.8 Å². The molecule has 6 rings (SSSR count). The lowest BCUT2D eigenvalue weighted by molar-refractivity contribution is -0.246. The van der Waals surface area contributed by atoms with Crippen LogP contribution in [0.5, 0.6) is 0 Å². The summed E-state index contributed by atoms with van der Waals surface area (Å²) in [5.74, 6) is -0.355. The van der Waals surface area contributed by atoms with Crippen LogP contribution in [-0.4, -0.2) is 50.4 Å². The Morgan fingerprint density at radius 3 is 2.54 bits per heavy atom. The number of ketones is 1. The molecule has 1 aromatic heterocycles. The number of Topliss-reactive ketones (excluding diaryl/α,β-unsaturated/α-hetero) is 1. The maximum Gasteiger partial charge on any atom is 0.303 e. The summed E-state index contributed by atoms with van der Waals surface area (Å²) in [4.78, 5) is 26.3. The van der Waals surface area contributed by atoms with E-state index in [0.29, 0.717) is 12.8 Å². The standard InChI is InChI=1S/C33H41FN2O4S/c1-20(37)40-33(28(39)19-41-6)14-13-29(2)26-12-7-22-15-25-21(18-35-36(25)24-10-8-23(34)9-11-24)16-30(22,3)32(26,5)27(38)17-31(29,33)4/h8-11,15,18,26-27,38H,7,12-14,16-17,19H2,1-6H3/t26?,27?,29-,30?,31?,32+,33?/m0/s1. The Bertz CT molecular complexity index is 1450. The predicted molar refractivity (Wildman–Crippen MR) is 158 cm³/mol. The van der Waals surface area contributed by atoms with Crippen LogP contribution in [-0.2, 0) is 20.7 Å². The highest BCUT2D eigenvalue weighted by Gasteiger charge is 2.77.